The third-order valence-corrected chi connectivity index (χ3v) is 2.33. The zero-order valence-corrected chi connectivity index (χ0v) is 10.2. The number of hydrogen-bond donors (Lipinski definition) is 2. The molecule has 0 aliphatic carbocycles. The van der Waals surface area contributed by atoms with Crippen molar-refractivity contribution in [1.29, 1.82) is 0 Å². The first kappa shape index (κ1) is 12.6. The van der Waals surface area contributed by atoms with Crippen LogP contribution in [0.15, 0.2) is 22.8 Å². The summed E-state index contributed by atoms with van der Waals surface area (Å²) < 4.78 is 0.799. The van der Waals surface area contributed by atoms with Gasteiger partial charge < -0.3 is 10.4 Å². The van der Waals surface area contributed by atoms with E-state index in [0.717, 1.165) is 4.47 Å². The normalized spacial score (nSPS) is 11.9. The summed E-state index contributed by atoms with van der Waals surface area (Å²) in [6, 6.07) is 2.83. The average Bonchev–Trinajstić information content (AvgIpc) is 2.16. The number of nitrogens with zero attached hydrogens (tertiary/aromatic N) is 1. The molecule has 0 aliphatic rings. The van der Waals surface area contributed by atoms with Crippen LogP contribution >= 0.6 is 15.9 Å². The van der Waals surface area contributed by atoms with E-state index in [1.54, 1.807) is 18.3 Å². The summed E-state index contributed by atoms with van der Waals surface area (Å²) in [4.78, 5) is 25.6. The topological polar surface area (TPSA) is 79.3 Å². The Kier molecular flexibility index (Phi) is 4.42. The molecule has 0 saturated carbocycles. The lowest BCUT2D eigenvalue weighted by molar-refractivity contribution is -0.137. The van der Waals surface area contributed by atoms with Gasteiger partial charge in [-0.1, -0.05) is 0 Å². The van der Waals surface area contributed by atoms with Crippen molar-refractivity contribution in [1.82, 2.24) is 10.3 Å². The van der Waals surface area contributed by atoms with Crippen LogP contribution in [0.2, 0.25) is 0 Å². The lowest BCUT2D eigenvalue weighted by Crippen LogP contribution is -2.28. The van der Waals surface area contributed by atoms with Crippen LogP contribution < -0.4 is 5.32 Å². The number of rotatable bonds is 4. The molecule has 1 aromatic heterocycles. The molecular formula is C10H11BrN2O3. The van der Waals surface area contributed by atoms with Gasteiger partial charge in [0.25, 0.3) is 0 Å². The fourth-order valence-electron chi connectivity index (χ4n) is 1.24. The maximum atomic E-state index is 10.9. The molecule has 0 aliphatic heterocycles. The van der Waals surface area contributed by atoms with Crippen molar-refractivity contribution >= 4 is 27.8 Å². The molecule has 1 rings (SSSR count). The summed E-state index contributed by atoms with van der Waals surface area (Å²) in [5.41, 5.74) is 0.529. The molecule has 0 bridgehead atoms. The molecular weight excluding hydrogens is 276 g/mol. The maximum absolute atomic E-state index is 10.9. The van der Waals surface area contributed by atoms with Gasteiger partial charge in [-0.3, -0.25) is 14.6 Å². The molecule has 0 fully saturated rings. The Labute approximate surface area is 101 Å². The molecule has 1 aromatic rings. The predicted octanol–water partition coefficient (Wildman–Crippen LogP) is 1.50. The third kappa shape index (κ3) is 3.98. The van der Waals surface area contributed by atoms with Crippen molar-refractivity contribution in [3.63, 3.8) is 0 Å². The minimum absolute atomic E-state index is 0.186. The molecule has 0 radical (unpaired) electrons. The second-order valence-electron chi connectivity index (χ2n) is 3.25. The van der Waals surface area contributed by atoms with Crippen LogP contribution in [0.3, 0.4) is 0 Å². The molecule has 1 amide bonds. The van der Waals surface area contributed by atoms with E-state index < -0.39 is 12.0 Å². The van der Waals surface area contributed by atoms with E-state index in [-0.39, 0.29) is 12.3 Å². The molecule has 2 N–H and O–H groups in total. The van der Waals surface area contributed by atoms with Gasteiger partial charge in [0.1, 0.15) is 0 Å². The van der Waals surface area contributed by atoms with Gasteiger partial charge in [0.2, 0.25) is 5.91 Å². The Morgan fingerprint density at radius 3 is 2.69 bits per heavy atom. The van der Waals surface area contributed by atoms with Crippen molar-refractivity contribution < 1.29 is 14.7 Å². The Bertz CT molecular complexity index is 376. The third-order valence-electron chi connectivity index (χ3n) is 1.86. The van der Waals surface area contributed by atoms with E-state index in [0.29, 0.717) is 5.69 Å². The highest BCUT2D eigenvalue weighted by molar-refractivity contribution is 9.10. The SMILES string of the molecule is CC(=O)NC(CC(=O)O)c1ccc(Br)cn1. The molecule has 0 spiro atoms. The fraction of sp³-hybridized carbons (Fsp3) is 0.300. The molecule has 1 unspecified atom stereocenters. The van der Waals surface area contributed by atoms with Crippen LogP contribution in [-0.4, -0.2) is 22.0 Å². The van der Waals surface area contributed by atoms with Crippen molar-refractivity contribution in [3.8, 4) is 0 Å². The number of carbonyl (C=O) groups is 2. The molecule has 1 heterocycles. The standard InChI is InChI=1S/C10H11BrN2O3/c1-6(14)13-9(4-10(15)16)8-3-2-7(11)5-12-8/h2-3,5,9H,4H2,1H3,(H,13,14)(H,15,16). The van der Waals surface area contributed by atoms with Gasteiger partial charge in [-0.2, -0.15) is 0 Å². The highest BCUT2D eigenvalue weighted by Crippen LogP contribution is 2.16. The van der Waals surface area contributed by atoms with E-state index >= 15 is 0 Å². The number of pyridine rings is 1. The second-order valence-corrected chi connectivity index (χ2v) is 4.17. The quantitative estimate of drug-likeness (QED) is 0.879. The lowest BCUT2D eigenvalue weighted by Gasteiger charge is -2.15. The highest BCUT2D eigenvalue weighted by atomic mass is 79.9. The van der Waals surface area contributed by atoms with Crippen LogP contribution in [0.5, 0.6) is 0 Å². The van der Waals surface area contributed by atoms with E-state index in [2.05, 4.69) is 26.2 Å². The van der Waals surface area contributed by atoms with Gasteiger partial charge >= 0.3 is 5.97 Å². The van der Waals surface area contributed by atoms with Crippen molar-refractivity contribution in [2.24, 2.45) is 0 Å². The Hall–Kier alpha value is -1.43. The monoisotopic (exact) mass is 286 g/mol. The van der Waals surface area contributed by atoms with Crippen molar-refractivity contribution in [2.75, 3.05) is 0 Å². The summed E-state index contributed by atoms with van der Waals surface area (Å²) in [5, 5.41) is 11.3. The maximum Gasteiger partial charge on any atom is 0.305 e. The molecule has 16 heavy (non-hydrogen) atoms. The average molecular weight is 287 g/mol. The first-order chi connectivity index (χ1) is 7.49. The van der Waals surface area contributed by atoms with Gasteiger partial charge in [0.05, 0.1) is 18.2 Å². The largest absolute Gasteiger partial charge is 0.481 e. The number of aliphatic carboxylic acids is 1. The van der Waals surface area contributed by atoms with E-state index in [1.807, 2.05) is 0 Å². The van der Waals surface area contributed by atoms with Crippen LogP contribution in [0.25, 0.3) is 0 Å². The van der Waals surface area contributed by atoms with Gasteiger partial charge in [-0.15, -0.1) is 0 Å². The minimum atomic E-state index is -0.983. The summed E-state index contributed by atoms with van der Waals surface area (Å²) in [7, 11) is 0. The first-order valence-corrected chi connectivity index (χ1v) is 5.38. The van der Waals surface area contributed by atoms with E-state index in [9.17, 15) is 9.59 Å². The number of aromatic nitrogens is 1. The van der Waals surface area contributed by atoms with Gasteiger partial charge in [0, 0.05) is 17.6 Å². The van der Waals surface area contributed by atoms with Crippen molar-refractivity contribution in [2.45, 2.75) is 19.4 Å². The summed E-state index contributed by atoms with van der Waals surface area (Å²) in [6.07, 6.45) is 1.38. The van der Waals surface area contributed by atoms with E-state index in [4.69, 9.17) is 5.11 Å². The van der Waals surface area contributed by atoms with Gasteiger partial charge in [-0.05, 0) is 28.1 Å². The number of amides is 1. The number of halogens is 1. The summed E-state index contributed by atoms with van der Waals surface area (Å²) in [6.45, 7) is 1.34. The van der Waals surface area contributed by atoms with Crippen LogP contribution in [0.4, 0.5) is 0 Å². The number of carboxylic acid groups (broad SMARTS) is 1. The molecule has 0 aromatic carbocycles. The Morgan fingerprint density at radius 2 is 2.25 bits per heavy atom. The summed E-state index contributed by atoms with van der Waals surface area (Å²) >= 11 is 3.23. The van der Waals surface area contributed by atoms with Crippen LogP contribution in [0.1, 0.15) is 25.1 Å². The minimum Gasteiger partial charge on any atom is -0.481 e. The number of hydrogen-bond acceptors (Lipinski definition) is 3. The van der Waals surface area contributed by atoms with Gasteiger partial charge in [-0.25, -0.2) is 0 Å². The molecule has 1 atom stereocenters. The zero-order valence-electron chi connectivity index (χ0n) is 8.61. The first-order valence-electron chi connectivity index (χ1n) is 4.59. The summed E-state index contributed by atoms with van der Waals surface area (Å²) in [5.74, 6) is -1.26. The Morgan fingerprint density at radius 1 is 1.56 bits per heavy atom. The second kappa shape index (κ2) is 5.60. The molecule has 0 saturated heterocycles. The van der Waals surface area contributed by atoms with E-state index in [1.165, 1.54) is 6.92 Å². The van der Waals surface area contributed by atoms with Crippen LogP contribution in [-0.2, 0) is 9.59 Å². The fourth-order valence-corrected chi connectivity index (χ4v) is 1.48. The number of carboxylic acids is 1. The molecule has 86 valence electrons. The van der Waals surface area contributed by atoms with Crippen molar-refractivity contribution in [3.05, 3.63) is 28.5 Å². The van der Waals surface area contributed by atoms with Crippen LogP contribution in [0, 0.1) is 0 Å². The van der Waals surface area contributed by atoms with Gasteiger partial charge in [0.15, 0.2) is 0 Å². The lowest BCUT2D eigenvalue weighted by atomic mass is 10.1. The predicted molar refractivity (Wildman–Crippen MR) is 60.7 cm³/mol. The number of nitrogens with one attached hydrogen (secondary N) is 1. The zero-order chi connectivity index (χ0) is 12.1. The Balaban J connectivity index is 2.86. The highest BCUT2D eigenvalue weighted by Gasteiger charge is 2.17. The molecule has 5 nitrogen and oxygen atoms in total. The molecule has 6 heteroatoms. The smallest absolute Gasteiger partial charge is 0.305 e. The number of carbonyl (C=O) groups excluding carboxylic acids is 1.